The molecular weight excluding hydrogens is 312 g/mol. The predicted molar refractivity (Wildman–Crippen MR) is 93.8 cm³/mol. The number of fused-ring (bicyclic) bond motifs is 5. The molecule has 0 spiro atoms. The highest BCUT2D eigenvalue weighted by Crippen LogP contribution is 2.51. The smallest absolute Gasteiger partial charge is 0.267 e. The van der Waals surface area contributed by atoms with Crippen molar-refractivity contribution in [1.29, 1.82) is 0 Å². The first-order valence-electron chi connectivity index (χ1n) is 7.59. The number of amides is 1. The van der Waals surface area contributed by atoms with E-state index in [4.69, 9.17) is 0 Å². The van der Waals surface area contributed by atoms with Gasteiger partial charge in [0.1, 0.15) is 0 Å². The van der Waals surface area contributed by atoms with Crippen molar-refractivity contribution in [3.05, 3.63) is 59.4 Å². The number of aromatic nitrogens is 1. The van der Waals surface area contributed by atoms with Crippen LogP contribution in [0.5, 0.6) is 0 Å². The molecule has 1 amide bonds. The van der Waals surface area contributed by atoms with Crippen LogP contribution in [0.3, 0.4) is 0 Å². The van der Waals surface area contributed by atoms with Crippen LogP contribution < -0.4 is 5.01 Å². The predicted octanol–water partition coefficient (Wildman–Crippen LogP) is 4.56. The lowest BCUT2D eigenvalue weighted by molar-refractivity contribution is 0.0954. The van der Waals surface area contributed by atoms with E-state index in [-0.39, 0.29) is 11.9 Å². The molecule has 3 nitrogen and oxygen atoms in total. The standard InChI is InChI=1S/C17H18N2OS2/c1-11(2)21-22-16-10-15-12-6-3-4-7-13(12)17(20)19(15)18-9-5-8-14(16)18/h3-9,11,15-16H,10H2,1-2H3/t15-,16+/m0/s1. The summed E-state index contributed by atoms with van der Waals surface area (Å²) < 4.78 is 2.06. The van der Waals surface area contributed by atoms with Crippen molar-refractivity contribution in [2.75, 3.05) is 5.01 Å². The van der Waals surface area contributed by atoms with Gasteiger partial charge >= 0.3 is 0 Å². The van der Waals surface area contributed by atoms with E-state index in [0.29, 0.717) is 10.5 Å². The fraction of sp³-hybridized carbons (Fsp3) is 0.353. The molecule has 0 fully saturated rings. The Balaban J connectivity index is 1.74. The summed E-state index contributed by atoms with van der Waals surface area (Å²) >= 11 is 0. The van der Waals surface area contributed by atoms with Crippen LogP contribution in [-0.4, -0.2) is 15.8 Å². The third-order valence-electron chi connectivity index (χ3n) is 4.18. The molecule has 114 valence electrons. The third kappa shape index (κ3) is 2.10. The first-order chi connectivity index (χ1) is 10.7. The Bertz CT molecular complexity index is 725. The summed E-state index contributed by atoms with van der Waals surface area (Å²) in [5.41, 5.74) is 3.26. The quantitative estimate of drug-likeness (QED) is 0.772. The van der Waals surface area contributed by atoms with E-state index in [9.17, 15) is 4.79 Å². The molecule has 0 radical (unpaired) electrons. The topological polar surface area (TPSA) is 25.2 Å². The van der Waals surface area contributed by atoms with Gasteiger partial charge in [0, 0.05) is 17.0 Å². The van der Waals surface area contributed by atoms with Crippen molar-refractivity contribution in [2.24, 2.45) is 0 Å². The lowest BCUT2D eigenvalue weighted by atomic mass is 9.99. The van der Waals surface area contributed by atoms with E-state index in [0.717, 1.165) is 12.0 Å². The second kappa shape index (κ2) is 5.39. The lowest BCUT2D eigenvalue weighted by Gasteiger charge is -2.36. The molecule has 0 aliphatic carbocycles. The molecule has 5 heteroatoms. The first-order valence-corrected chi connectivity index (χ1v) is 9.86. The molecule has 0 N–H and O–H groups in total. The second-order valence-corrected chi connectivity index (χ2v) is 9.05. The number of hydrogen-bond donors (Lipinski definition) is 0. The van der Waals surface area contributed by atoms with Crippen LogP contribution in [-0.2, 0) is 0 Å². The molecule has 0 saturated carbocycles. The Morgan fingerprint density at radius 1 is 1.18 bits per heavy atom. The maximum Gasteiger partial charge on any atom is 0.273 e. The first kappa shape index (κ1) is 14.3. The van der Waals surface area contributed by atoms with Gasteiger partial charge < -0.3 is 0 Å². The van der Waals surface area contributed by atoms with Crippen LogP contribution in [0, 0.1) is 0 Å². The molecule has 2 aromatic rings. The minimum absolute atomic E-state index is 0.123. The number of nitrogens with zero attached hydrogens (tertiary/aromatic N) is 2. The average molecular weight is 330 g/mol. The van der Waals surface area contributed by atoms with Crippen LogP contribution in [0.2, 0.25) is 0 Å². The highest BCUT2D eigenvalue weighted by molar-refractivity contribution is 8.77. The molecule has 22 heavy (non-hydrogen) atoms. The zero-order valence-electron chi connectivity index (χ0n) is 12.6. The molecule has 0 saturated heterocycles. The van der Waals surface area contributed by atoms with Crippen molar-refractivity contribution in [1.82, 2.24) is 4.68 Å². The maximum absolute atomic E-state index is 12.8. The van der Waals surface area contributed by atoms with E-state index in [1.54, 1.807) is 0 Å². The van der Waals surface area contributed by atoms with E-state index in [2.05, 4.69) is 30.7 Å². The Morgan fingerprint density at radius 2 is 2.00 bits per heavy atom. The third-order valence-corrected chi connectivity index (χ3v) is 7.52. The zero-order chi connectivity index (χ0) is 15.3. The number of carbonyl (C=O) groups is 1. The SMILES string of the molecule is CC(C)SS[C@@H]1C[C@H]2c3ccccc3C(=O)N2n2cccc21. The van der Waals surface area contributed by atoms with Crippen LogP contribution in [0.25, 0.3) is 0 Å². The van der Waals surface area contributed by atoms with Gasteiger partial charge in [-0.2, -0.15) is 0 Å². The van der Waals surface area contributed by atoms with Crippen LogP contribution in [0.15, 0.2) is 42.6 Å². The summed E-state index contributed by atoms with van der Waals surface area (Å²) in [5.74, 6) is 0.123. The van der Waals surface area contributed by atoms with Crippen LogP contribution >= 0.6 is 21.6 Å². The molecule has 0 bridgehead atoms. The largest absolute Gasteiger partial charge is 0.273 e. The van der Waals surface area contributed by atoms with Gasteiger partial charge in [-0.05, 0) is 30.2 Å². The molecule has 2 aliphatic rings. The van der Waals surface area contributed by atoms with Crippen molar-refractivity contribution >= 4 is 27.5 Å². The van der Waals surface area contributed by atoms with Gasteiger partial charge in [-0.3, -0.25) is 9.47 Å². The van der Waals surface area contributed by atoms with Crippen molar-refractivity contribution < 1.29 is 4.79 Å². The van der Waals surface area contributed by atoms with E-state index < -0.39 is 0 Å². The van der Waals surface area contributed by atoms with Gasteiger partial charge in [-0.15, -0.1) is 0 Å². The van der Waals surface area contributed by atoms with Crippen LogP contribution in [0.4, 0.5) is 0 Å². The van der Waals surface area contributed by atoms with Crippen LogP contribution in [0.1, 0.15) is 53.2 Å². The summed E-state index contributed by atoms with van der Waals surface area (Å²) in [4.78, 5) is 12.8. The van der Waals surface area contributed by atoms with Gasteiger partial charge in [0.2, 0.25) is 0 Å². The average Bonchev–Trinajstić information content (AvgIpc) is 3.09. The van der Waals surface area contributed by atoms with E-state index in [1.807, 2.05) is 57.1 Å². The minimum Gasteiger partial charge on any atom is -0.267 e. The molecular formula is C17H18N2OS2. The van der Waals surface area contributed by atoms with Crippen molar-refractivity contribution in [3.8, 4) is 0 Å². The summed E-state index contributed by atoms with van der Waals surface area (Å²) in [6, 6.07) is 12.4. The van der Waals surface area contributed by atoms with Gasteiger partial charge in [-0.1, -0.05) is 53.6 Å². The number of benzene rings is 1. The van der Waals surface area contributed by atoms with Gasteiger partial charge in [0.25, 0.3) is 5.91 Å². The highest BCUT2D eigenvalue weighted by Gasteiger charge is 2.43. The Kier molecular flexibility index (Phi) is 3.50. The number of rotatable bonds is 3. The van der Waals surface area contributed by atoms with Gasteiger partial charge in [0.05, 0.1) is 17.0 Å². The summed E-state index contributed by atoms with van der Waals surface area (Å²) in [6.07, 6.45) is 3.00. The summed E-state index contributed by atoms with van der Waals surface area (Å²) in [5, 5.41) is 2.95. The van der Waals surface area contributed by atoms with Crippen molar-refractivity contribution in [2.45, 2.75) is 36.8 Å². The zero-order valence-corrected chi connectivity index (χ0v) is 14.2. The molecule has 3 heterocycles. The molecule has 0 unspecified atom stereocenters. The lowest BCUT2D eigenvalue weighted by Crippen LogP contribution is -2.42. The molecule has 4 rings (SSSR count). The van der Waals surface area contributed by atoms with E-state index >= 15 is 0 Å². The maximum atomic E-state index is 12.8. The fourth-order valence-corrected chi connectivity index (χ4v) is 5.78. The van der Waals surface area contributed by atoms with E-state index in [1.165, 1.54) is 11.3 Å². The molecule has 1 aromatic carbocycles. The Morgan fingerprint density at radius 3 is 2.82 bits per heavy atom. The summed E-state index contributed by atoms with van der Waals surface area (Å²) in [7, 11) is 3.86. The molecule has 2 atom stereocenters. The highest BCUT2D eigenvalue weighted by atomic mass is 33.1. The molecule has 2 aliphatic heterocycles. The Labute approximate surface area is 138 Å². The second-order valence-electron chi connectivity index (χ2n) is 6.00. The normalized spacial score (nSPS) is 22.7. The van der Waals surface area contributed by atoms with Gasteiger partial charge in [-0.25, -0.2) is 5.01 Å². The molecule has 1 aromatic heterocycles. The van der Waals surface area contributed by atoms with Gasteiger partial charge in [0.15, 0.2) is 0 Å². The minimum atomic E-state index is 0.123. The van der Waals surface area contributed by atoms with Crippen molar-refractivity contribution in [3.63, 3.8) is 0 Å². The number of hydrogen-bond acceptors (Lipinski definition) is 3. The monoisotopic (exact) mass is 330 g/mol. The fourth-order valence-electron chi connectivity index (χ4n) is 3.28. The Hall–Kier alpha value is -1.33. The summed E-state index contributed by atoms with van der Waals surface area (Å²) in [6.45, 7) is 4.44. The number of carbonyl (C=O) groups excluding carboxylic acids is 1.